The molecule has 0 spiro atoms. The normalized spacial score (nSPS) is 11.6. The third-order valence-electron chi connectivity index (χ3n) is 4.41. The number of nitrogens with one attached hydrogen (secondary N) is 1. The van der Waals surface area contributed by atoms with Gasteiger partial charge in [0.25, 0.3) is 0 Å². The van der Waals surface area contributed by atoms with Crippen LogP contribution in [0, 0.1) is 18.3 Å². The molecule has 5 nitrogen and oxygen atoms in total. The van der Waals surface area contributed by atoms with Crippen LogP contribution in [0.5, 0.6) is 0 Å². The Hall–Kier alpha value is -2.88. The van der Waals surface area contributed by atoms with Crippen LogP contribution in [0.25, 0.3) is 0 Å². The van der Waals surface area contributed by atoms with E-state index in [1.54, 1.807) is 19.1 Å². The van der Waals surface area contributed by atoms with E-state index in [1.165, 1.54) is 11.3 Å². The van der Waals surface area contributed by atoms with Gasteiger partial charge in [-0.1, -0.05) is 35.9 Å². The molecule has 1 atom stereocenters. The molecule has 0 amide bonds. The summed E-state index contributed by atoms with van der Waals surface area (Å²) in [6.45, 7) is 2.33. The molecule has 3 rings (SSSR count). The first-order chi connectivity index (χ1) is 13.5. The Morgan fingerprint density at radius 3 is 2.50 bits per heavy atom. The molecule has 3 aromatic rings. The van der Waals surface area contributed by atoms with Crippen LogP contribution < -0.4 is 5.32 Å². The van der Waals surface area contributed by atoms with Crippen molar-refractivity contribution >= 4 is 34.0 Å². The number of aryl methyl sites for hydroxylation is 1. The van der Waals surface area contributed by atoms with Crippen molar-refractivity contribution < 1.29 is 9.90 Å². The van der Waals surface area contributed by atoms with Crippen molar-refractivity contribution in [3.05, 3.63) is 80.8 Å². The third kappa shape index (κ3) is 4.89. The van der Waals surface area contributed by atoms with Gasteiger partial charge in [0.15, 0.2) is 10.8 Å². The van der Waals surface area contributed by atoms with Crippen LogP contribution in [0.15, 0.2) is 48.5 Å². The maximum absolute atomic E-state index is 11.2. The highest BCUT2D eigenvalue weighted by atomic mass is 35.5. The van der Waals surface area contributed by atoms with Crippen LogP contribution in [0.3, 0.4) is 0 Å². The monoisotopic (exact) mass is 411 g/mol. The van der Waals surface area contributed by atoms with Crippen LogP contribution in [-0.2, 0) is 6.42 Å². The molecule has 2 aromatic carbocycles. The Kier molecular flexibility index (Phi) is 6.30. The number of aromatic nitrogens is 1. The number of anilines is 1. The minimum Gasteiger partial charge on any atom is -0.476 e. The molecule has 0 fully saturated rings. The fraction of sp³-hybridized carbons (Fsp3) is 0.190. The van der Waals surface area contributed by atoms with Gasteiger partial charge in [0, 0.05) is 22.4 Å². The van der Waals surface area contributed by atoms with Crippen LogP contribution >= 0.6 is 22.9 Å². The van der Waals surface area contributed by atoms with Gasteiger partial charge in [-0.3, -0.25) is 0 Å². The van der Waals surface area contributed by atoms with Gasteiger partial charge in [0.1, 0.15) is 0 Å². The van der Waals surface area contributed by atoms with Crippen molar-refractivity contribution in [2.45, 2.75) is 19.3 Å². The molecule has 0 bridgehead atoms. The second kappa shape index (κ2) is 8.87. The average Bonchev–Trinajstić information content (AvgIpc) is 3.07. The number of hydrogen-bond donors (Lipinski definition) is 2. The highest BCUT2D eigenvalue weighted by Gasteiger charge is 2.17. The lowest BCUT2D eigenvalue weighted by atomic mass is 9.91. The number of thiazole rings is 1. The van der Waals surface area contributed by atoms with Crippen LogP contribution in [0.2, 0.25) is 5.02 Å². The van der Waals surface area contributed by atoms with E-state index in [9.17, 15) is 9.90 Å². The molecular formula is C21H18ClN3O2S. The van der Waals surface area contributed by atoms with Gasteiger partial charge >= 0.3 is 5.97 Å². The van der Waals surface area contributed by atoms with Crippen molar-refractivity contribution in [1.29, 1.82) is 5.26 Å². The molecule has 1 aromatic heterocycles. The van der Waals surface area contributed by atoms with Gasteiger partial charge in [-0.15, -0.1) is 11.3 Å². The molecule has 0 aliphatic carbocycles. The summed E-state index contributed by atoms with van der Waals surface area (Å²) in [6, 6.07) is 17.4. The van der Waals surface area contributed by atoms with Crippen LogP contribution in [0.1, 0.15) is 38.0 Å². The Balaban J connectivity index is 1.80. The predicted octanol–water partition coefficient (Wildman–Crippen LogP) is 5.11. The molecule has 2 N–H and O–H groups in total. The summed E-state index contributed by atoms with van der Waals surface area (Å²) in [4.78, 5) is 16.0. The van der Waals surface area contributed by atoms with E-state index in [4.69, 9.17) is 16.9 Å². The molecule has 1 unspecified atom stereocenters. The first-order valence-corrected chi connectivity index (χ1v) is 9.85. The number of benzene rings is 2. The Labute approximate surface area is 172 Å². The summed E-state index contributed by atoms with van der Waals surface area (Å²) in [5.41, 5.74) is 2.93. The Bertz CT molecular complexity index is 1010. The first kappa shape index (κ1) is 19.9. The number of rotatable bonds is 7. The van der Waals surface area contributed by atoms with E-state index < -0.39 is 5.97 Å². The summed E-state index contributed by atoms with van der Waals surface area (Å²) in [5.74, 6) is -0.905. The van der Waals surface area contributed by atoms with Gasteiger partial charge in [-0.2, -0.15) is 5.26 Å². The second-order valence-electron chi connectivity index (χ2n) is 6.37. The van der Waals surface area contributed by atoms with Gasteiger partial charge in [-0.25, -0.2) is 9.78 Å². The zero-order chi connectivity index (χ0) is 20.1. The quantitative estimate of drug-likeness (QED) is 0.564. The van der Waals surface area contributed by atoms with Crippen molar-refractivity contribution in [3.63, 3.8) is 0 Å². The zero-order valence-electron chi connectivity index (χ0n) is 15.1. The zero-order valence-corrected chi connectivity index (χ0v) is 16.7. The van der Waals surface area contributed by atoms with E-state index in [1.807, 2.05) is 36.4 Å². The molecule has 7 heteroatoms. The van der Waals surface area contributed by atoms with Crippen molar-refractivity contribution in [1.82, 2.24) is 4.98 Å². The topological polar surface area (TPSA) is 86.0 Å². The van der Waals surface area contributed by atoms with Gasteiger partial charge < -0.3 is 10.4 Å². The smallest absolute Gasteiger partial charge is 0.355 e. The lowest BCUT2D eigenvalue weighted by Gasteiger charge is -2.18. The molecule has 0 radical (unpaired) electrons. The highest BCUT2D eigenvalue weighted by molar-refractivity contribution is 7.15. The standard InChI is InChI=1S/C21H18ClN3O2S/c1-13-19(20(26)27)25-21(28-13)24-12-17(10-14-4-8-18(22)9-5-14)16-6-2-15(11-23)3-7-16/h2-9,17H,10,12H2,1H3,(H,24,25)(H,26,27). The lowest BCUT2D eigenvalue weighted by Crippen LogP contribution is -2.15. The predicted molar refractivity (Wildman–Crippen MR) is 111 cm³/mol. The van der Waals surface area contributed by atoms with Gasteiger partial charge in [-0.05, 0) is 48.7 Å². The average molecular weight is 412 g/mol. The minimum absolute atomic E-state index is 0.0834. The van der Waals surface area contributed by atoms with Crippen LogP contribution in [0.4, 0.5) is 5.13 Å². The Morgan fingerprint density at radius 2 is 1.93 bits per heavy atom. The molecular weight excluding hydrogens is 394 g/mol. The first-order valence-electron chi connectivity index (χ1n) is 8.65. The number of halogens is 1. The fourth-order valence-electron chi connectivity index (χ4n) is 2.92. The van der Waals surface area contributed by atoms with Crippen molar-refractivity contribution in [2.24, 2.45) is 0 Å². The highest BCUT2D eigenvalue weighted by Crippen LogP contribution is 2.26. The maximum Gasteiger partial charge on any atom is 0.355 e. The van der Waals surface area contributed by atoms with E-state index in [0.29, 0.717) is 27.1 Å². The van der Waals surface area contributed by atoms with E-state index >= 15 is 0 Å². The number of carbonyl (C=O) groups is 1. The summed E-state index contributed by atoms with van der Waals surface area (Å²) in [5, 5.41) is 22.8. The van der Waals surface area contributed by atoms with Crippen molar-refractivity contribution in [3.8, 4) is 6.07 Å². The maximum atomic E-state index is 11.2. The number of nitriles is 1. The molecule has 0 aliphatic rings. The fourth-order valence-corrected chi connectivity index (χ4v) is 3.86. The van der Waals surface area contributed by atoms with Gasteiger partial charge in [0.05, 0.1) is 11.6 Å². The molecule has 28 heavy (non-hydrogen) atoms. The molecule has 0 aliphatic heterocycles. The van der Waals surface area contributed by atoms with E-state index in [0.717, 1.165) is 17.5 Å². The number of carboxylic acids is 1. The van der Waals surface area contributed by atoms with E-state index in [2.05, 4.69) is 16.4 Å². The summed E-state index contributed by atoms with van der Waals surface area (Å²) in [6.07, 6.45) is 0.770. The van der Waals surface area contributed by atoms with Crippen LogP contribution in [-0.4, -0.2) is 22.6 Å². The number of hydrogen-bond acceptors (Lipinski definition) is 5. The molecule has 0 saturated carbocycles. The largest absolute Gasteiger partial charge is 0.476 e. The molecule has 0 saturated heterocycles. The summed E-state index contributed by atoms with van der Waals surface area (Å²) < 4.78 is 0. The second-order valence-corrected chi connectivity index (χ2v) is 8.01. The lowest BCUT2D eigenvalue weighted by molar-refractivity contribution is 0.0690. The number of nitrogens with zero attached hydrogens (tertiary/aromatic N) is 2. The van der Waals surface area contributed by atoms with Gasteiger partial charge in [0.2, 0.25) is 0 Å². The summed E-state index contributed by atoms with van der Waals surface area (Å²) in [7, 11) is 0. The molecule has 142 valence electrons. The summed E-state index contributed by atoms with van der Waals surface area (Å²) >= 11 is 7.32. The van der Waals surface area contributed by atoms with E-state index in [-0.39, 0.29) is 11.6 Å². The number of carboxylic acid groups (broad SMARTS) is 1. The third-order valence-corrected chi connectivity index (χ3v) is 5.59. The minimum atomic E-state index is -1.02. The van der Waals surface area contributed by atoms with Crippen molar-refractivity contribution in [2.75, 3.05) is 11.9 Å². The molecule has 1 heterocycles. The number of aromatic carboxylic acids is 1. The Morgan fingerprint density at radius 1 is 1.25 bits per heavy atom. The SMILES string of the molecule is Cc1sc(NCC(Cc2ccc(Cl)cc2)c2ccc(C#N)cc2)nc1C(=O)O.